The molecule has 1 unspecified atom stereocenters. The maximum Gasteiger partial charge on any atom is 0.119 e. The van der Waals surface area contributed by atoms with E-state index in [-0.39, 0.29) is 6.04 Å². The summed E-state index contributed by atoms with van der Waals surface area (Å²) in [4.78, 5) is 0. The Morgan fingerprint density at radius 1 is 1.11 bits per heavy atom. The van der Waals surface area contributed by atoms with Gasteiger partial charge in [-0.2, -0.15) is 0 Å². The second kappa shape index (κ2) is 4.83. The van der Waals surface area contributed by atoms with E-state index >= 15 is 0 Å². The van der Waals surface area contributed by atoms with E-state index in [1.165, 1.54) is 16.7 Å². The van der Waals surface area contributed by atoms with Crippen molar-refractivity contribution in [3.05, 3.63) is 65.2 Å². The molecule has 0 fully saturated rings. The first-order chi connectivity index (χ1) is 8.88. The Hall–Kier alpha value is -1.80. The maximum atomic E-state index is 5.31. The molecule has 0 amide bonds. The first kappa shape index (κ1) is 11.3. The Morgan fingerprint density at radius 3 is 2.89 bits per heavy atom. The number of nitrogens with one attached hydrogen (secondary N) is 1. The van der Waals surface area contributed by atoms with Crippen LogP contribution in [0, 0.1) is 0 Å². The average molecular weight is 239 g/mol. The highest BCUT2D eigenvalue weighted by atomic mass is 16.5. The van der Waals surface area contributed by atoms with E-state index in [1.54, 1.807) is 7.11 Å². The van der Waals surface area contributed by atoms with Crippen LogP contribution in [0.15, 0.2) is 48.5 Å². The van der Waals surface area contributed by atoms with Crippen molar-refractivity contribution < 1.29 is 4.74 Å². The van der Waals surface area contributed by atoms with Gasteiger partial charge in [-0.3, -0.25) is 0 Å². The van der Waals surface area contributed by atoms with Crippen molar-refractivity contribution in [1.82, 2.24) is 5.32 Å². The molecule has 1 N–H and O–H groups in total. The zero-order valence-electron chi connectivity index (χ0n) is 10.5. The summed E-state index contributed by atoms with van der Waals surface area (Å²) >= 11 is 0. The fraction of sp³-hybridized carbons (Fsp3) is 0.250. The predicted molar refractivity (Wildman–Crippen MR) is 73.0 cm³/mol. The summed E-state index contributed by atoms with van der Waals surface area (Å²) in [6, 6.07) is 17.2. The van der Waals surface area contributed by atoms with Gasteiger partial charge < -0.3 is 10.1 Å². The third kappa shape index (κ3) is 2.00. The van der Waals surface area contributed by atoms with Gasteiger partial charge in [-0.05, 0) is 35.2 Å². The van der Waals surface area contributed by atoms with E-state index < -0.39 is 0 Å². The summed E-state index contributed by atoms with van der Waals surface area (Å²) in [5, 5.41) is 3.59. The van der Waals surface area contributed by atoms with E-state index in [4.69, 9.17) is 4.74 Å². The summed E-state index contributed by atoms with van der Waals surface area (Å²) in [5.74, 6) is 0.914. The van der Waals surface area contributed by atoms with Crippen LogP contribution >= 0.6 is 0 Å². The molecule has 0 radical (unpaired) electrons. The minimum Gasteiger partial charge on any atom is -0.497 e. The summed E-state index contributed by atoms with van der Waals surface area (Å²) in [5.41, 5.74) is 4.10. The largest absolute Gasteiger partial charge is 0.497 e. The monoisotopic (exact) mass is 239 g/mol. The van der Waals surface area contributed by atoms with Crippen LogP contribution in [0.5, 0.6) is 5.75 Å². The molecule has 2 nitrogen and oxygen atoms in total. The number of hydrogen-bond acceptors (Lipinski definition) is 2. The molecule has 0 aromatic heterocycles. The topological polar surface area (TPSA) is 21.3 Å². The van der Waals surface area contributed by atoms with Crippen LogP contribution in [0.4, 0.5) is 0 Å². The number of methoxy groups -OCH3 is 1. The average Bonchev–Trinajstić information content (AvgIpc) is 2.47. The van der Waals surface area contributed by atoms with Crippen molar-refractivity contribution >= 4 is 0 Å². The Morgan fingerprint density at radius 2 is 2.00 bits per heavy atom. The number of ether oxygens (including phenoxy) is 1. The minimum atomic E-state index is 0.282. The fourth-order valence-corrected chi connectivity index (χ4v) is 2.62. The van der Waals surface area contributed by atoms with Gasteiger partial charge in [0.1, 0.15) is 5.75 Å². The van der Waals surface area contributed by atoms with Crippen molar-refractivity contribution in [3.8, 4) is 5.75 Å². The molecule has 0 spiro atoms. The predicted octanol–water partition coefficient (Wildman–Crippen LogP) is 2.93. The van der Waals surface area contributed by atoms with Gasteiger partial charge in [0.05, 0.1) is 13.2 Å². The maximum absolute atomic E-state index is 5.31. The molecule has 1 aliphatic rings. The molecule has 0 aliphatic carbocycles. The highest BCUT2D eigenvalue weighted by Crippen LogP contribution is 2.30. The van der Waals surface area contributed by atoms with E-state index in [0.29, 0.717) is 0 Å². The van der Waals surface area contributed by atoms with E-state index in [1.807, 2.05) is 12.1 Å². The van der Waals surface area contributed by atoms with Gasteiger partial charge in [0.15, 0.2) is 0 Å². The van der Waals surface area contributed by atoms with Crippen molar-refractivity contribution in [3.63, 3.8) is 0 Å². The van der Waals surface area contributed by atoms with Gasteiger partial charge >= 0.3 is 0 Å². The van der Waals surface area contributed by atoms with Crippen LogP contribution in [0.2, 0.25) is 0 Å². The SMILES string of the molecule is COc1cccc(C2NCCc3ccccc32)c1. The number of hydrogen-bond donors (Lipinski definition) is 1. The molecular weight excluding hydrogens is 222 g/mol. The van der Waals surface area contributed by atoms with Crippen molar-refractivity contribution in [2.45, 2.75) is 12.5 Å². The van der Waals surface area contributed by atoms with Crippen LogP contribution in [-0.4, -0.2) is 13.7 Å². The van der Waals surface area contributed by atoms with Crippen molar-refractivity contribution in [2.24, 2.45) is 0 Å². The van der Waals surface area contributed by atoms with Gasteiger partial charge in [0.25, 0.3) is 0 Å². The number of benzene rings is 2. The lowest BCUT2D eigenvalue weighted by Gasteiger charge is -2.27. The van der Waals surface area contributed by atoms with E-state index in [9.17, 15) is 0 Å². The van der Waals surface area contributed by atoms with Crippen LogP contribution in [-0.2, 0) is 6.42 Å². The molecule has 18 heavy (non-hydrogen) atoms. The first-order valence-corrected chi connectivity index (χ1v) is 6.33. The summed E-state index contributed by atoms with van der Waals surface area (Å²) in [6.45, 7) is 1.03. The lowest BCUT2D eigenvalue weighted by atomic mass is 9.90. The zero-order valence-corrected chi connectivity index (χ0v) is 10.5. The smallest absolute Gasteiger partial charge is 0.119 e. The van der Waals surface area contributed by atoms with E-state index in [0.717, 1.165) is 18.7 Å². The van der Waals surface area contributed by atoms with Gasteiger partial charge in [0, 0.05) is 6.54 Å². The quantitative estimate of drug-likeness (QED) is 0.870. The molecule has 2 aromatic rings. The Labute approximate surface area is 108 Å². The third-order valence-electron chi connectivity index (χ3n) is 3.54. The lowest BCUT2D eigenvalue weighted by molar-refractivity contribution is 0.413. The van der Waals surface area contributed by atoms with Crippen LogP contribution in [0.3, 0.4) is 0 Å². The molecular formula is C16H17NO. The Bertz CT molecular complexity index is 550. The second-order valence-corrected chi connectivity index (χ2v) is 4.61. The lowest BCUT2D eigenvalue weighted by Crippen LogP contribution is -2.30. The first-order valence-electron chi connectivity index (χ1n) is 6.33. The van der Waals surface area contributed by atoms with Gasteiger partial charge in [-0.25, -0.2) is 0 Å². The second-order valence-electron chi connectivity index (χ2n) is 4.61. The Balaban J connectivity index is 2.02. The highest BCUT2D eigenvalue weighted by molar-refractivity contribution is 5.41. The molecule has 3 rings (SSSR count). The van der Waals surface area contributed by atoms with Gasteiger partial charge in [-0.1, -0.05) is 36.4 Å². The minimum absolute atomic E-state index is 0.282. The standard InChI is InChI=1S/C16H17NO/c1-18-14-7-4-6-13(11-14)16-15-8-3-2-5-12(15)9-10-17-16/h2-8,11,16-17H,9-10H2,1H3. The fourth-order valence-electron chi connectivity index (χ4n) is 2.62. The third-order valence-corrected chi connectivity index (χ3v) is 3.54. The molecule has 0 saturated carbocycles. The summed E-state index contributed by atoms with van der Waals surface area (Å²) in [6.07, 6.45) is 1.11. The molecule has 1 atom stereocenters. The molecule has 1 heterocycles. The molecule has 2 heteroatoms. The summed E-state index contributed by atoms with van der Waals surface area (Å²) < 4.78 is 5.31. The van der Waals surface area contributed by atoms with Gasteiger partial charge in [0.2, 0.25) is 0 Å². The van der Waals surface area contributed by atoms with Crippen LogP contribution in [0.25, 0.3) is 0 Å². The Kier molecular flexibility index (Phi) is 3.03. The molecule has 1 aliphatic heterocycles. The van der Waals surface area contributed by atoms with Crippen molar-refractivity contribution in [1.29, 1.82) is 0 Å². The number of rotatable bonds is 2. The normalized spacial score (nSPS) is 18.2. The van der Waals surface area contributed by atoms with Gasteiger partial charge in [-0.15, -0.1) is 0 Å². The van der Waals surface area contributed by atoms with E-state index in [2.05, 4.69) is 41.7 Å². The van der Waals surface area contributed by atoms with Crippen LogP contribution in [0.1, 0.15) is 22.7 Å². The molecule has 2 aromatic carbocycles. The summed E-state index contributed by atoms with van der Waals surface area (Å²) in [7, 11) is 1.71. The highest BCUT2D eigenvalue weighted by Gasteiger charge is 2.20. The zero-order chi connectivity index (χ0) is 12.4. The molecule has 92 valence electrons. The number of fused-ring (bicyclic) bond motifs is 1. The van der Waals surface area contributed by atoms with Crippen molar-refractivity contribution in [2.75, 3.05) is 13.7 Å². The molecule has 0 saturated heterocycles. The molecule has 0 bridgehead atoms. The van der Waals surface area contributed by atoms with Crippen LogP contribution < -0.4 is 10.1 Å².